The van der Waals surface area contributed by atoms with Gasteiger partial charge in [0.1, 0.15) is 5.75 Å². The number of rotatable bonds is 5. The van der Waals surface area contributed by atoms with Crippen molar-refractivity contribution in [2.75, 3.05) is 13.1 Å². The standard InChI is InChI=1S/C17H24N2O4S/c18-17(20)13-9-11-19(12-10-13)24(21,22)16-7-5-15(6-8-16)23-14-3-1-2-4-14/h5-8,13-14H,1-4,9-12H2,(H2,18,20). The second-order valence-electron chi connectivity index (χ2n) is 6.58. The van der Waals surface area contributed by atoms with Crippen molar-refractivity contribution in [2.24, 2.45) is 11.7 Å². The molecule has 1 aliphatic carbocycles. The minimum Gasteiger partial charge on any atom is -0.490 e. The SMILES string of the molecule is NC(=O)C1CCN(S(=O)(=O)c2ccc(OC3CCCC3)cc2)CC1. The Morgan fingerprint density at radius 3 is 2.17 bits per heavy atom. The fraction of sp³-hybridized carbons (Fsp3) is 0.588. The van der Waals surface area contributed by atoms with Crippen molar-refractivity contribution >= 4 is 15.9 Å². The van der Waals surface area contributed by atoms with Gasteiger partial charge in [-0.15, -0.1) is 0 Å². The summed E-state index contributed by atoms with van der Waals surface area (Å²) in [5.74, 6) is 0.146. The van der Waals surface area contributed by atoms with Crippen LogP contribution in [0.3, 0.4) is 0 Å². The molecule has 2 fully saturated rings. The van der Waals surface area contributed by atoms with Gasteiger partial charge in [-0.3, -0.25) is 4.79 Å². The zero-order valence-corrected chi connectivity index (χ0v) is 14.5. The van der Waals surface area contributed by atoms with Crippen molar-refractivity contribution in [1.82, 2.24) is 4.31 Å². The molecule has 6 nitrogen and oxygen atoms in total. The molecular formula is C17H24N2O4S. The first-order valence-electron chi connectivity index (χ1n) is 8.53. The zero-order valence-electron chi connectivity index (χ0n) is 13.7. The minimum atomic E-state index is -3.53. The van der Waals surface area contributed by atoms with E-state index in [-0.39, 0.29) is 22.8 Å². The number of nitrogens with two attached hydrogens (primary N) is 1. The predicted molar refractivity (Wildman–Crippen MR) is 90.0 cm³/mol. The Morgan fingerprint density at radius 1 is 1.04 bits per heavy atom. The van der Waals surface area contributed by atoms with Crippen LogP contribution >= 0.6 is 0 Å². The van der Waals surface area contributed by atoms with Crippen LogP contribution < -0.4 is 10.5 Å². The van der Waals surface area contributed by atoms with Gasteiger partial charge in [-0.25, -0.2) is 8.42 Å². The summed E-state index contributed by atoms with van der Waals surface area (Å²) >= 11 is 0. The summed E-state index contributed by atoms with van der Waals surface area (Å²) in [5, 5.41) is 0. The van der Waals surface area contributed by atoms with Gasteiger partial charge in [-0.1, -0.05) is 0 Å². The average Bonchev–Trinajstić information content (AvgIpc) is 3.08. The van der Waals surface area contributed by atoms with Gasteiger partial charge in [0.25, 0.3) is 0 Å². The topological polar surface area (TPSA) is 89.7 Å². The Morgan fingerprint density at radius 2 is 1.62 bits per heavy atom. The van der Waals surface area contributed by atoms with E-state index in [1.807, 2.05) is 0 Å². The molecule has 1 aromatic rings. The number of carbonyl (C=O) groups is 1. The van der Waals surface area contributed by atoms with E-state index in [2.05, 4.69) is 0 Å². The van der Waals surface area contributed by atoms with Gasteiger partial charge in [0.05, 0.1) is 11.0 Å². The molecule has 1 saturated carbocycles. The molecule has 0 spiro atoms. The van der Waals surface area contributed by atoms with Crippen molar-refractivity contribution in [3.8, 4) is 5.75 Å². The number of primary amides is 1. The molecule has 1 amide bonds. The van der Waals surface area contributed by atoms with Crippen LogP contribution in [0.15, 0.2) is 29.2 Å². The molecule has 2 aliphatic rings. The summed E-state index contributed by atoms with van der Waals surface area (Å²) in [4.78, 5) is 11.5. The molecule has 0 radical (unpaired) electrons. The summed E-state index contributed by atoms with van der Waals surface area (Å²) in [6, 6.07) is 6.64. The molecule has 7 heteroatoms. The van der Waals surface area contributed by atoms with E-state index in [1.165, 1.54) is 17.1 Å². The van der Waals surface area contributed by atoms with Crippen molar-refractivity contribution < 1.29 is 17.9 Å². The Balaban J connectivity index is 1.65. The maximum atomic E-state index is 12.7. The maximum Gasteiger partial charge on any atom is 0.243 e. The van der Waals surface area contributed by atoms with Gasteiger partial charge >= 0.3 is 0 Å². The Labute approximate surface area is 143 Å². The fourth-order valence-electron chi connectivity index (χ4n) is 3.42. The lowest BCUT2D eigenvalue weighted by atomic mass is 9.98. The first-order valence-corrected chi connectivity index (χ1v) is 9.97. The molecule has 0 unspecified atom stereocenters. The predicted octanol–water partition coefficient (Wildman–Crippen LogP) is 1.89. The zero-order chi connectivity index (χ0) is 17.2. The minimum absolute atomic E-state index is 0.223. The van der Waals surface area contributed by atoms with E-state index in [0.29, 0.717) is 31.7 Å². The normalized spacial score (nSPS) is 21.0. The average molecular weight is 352 g/mol. The lowest BCUT2D eigenvalue weighted by molar-refractivity contribution is -0.122. The van der Waals surface area contributed by atoms with Gasteiger partial charge in [0, 0.05) is 19.0 Å². The highest BCUT2D eigenvalue weighted by Gasteiger charge is 2.31. The van der Waals surface area contributed by atoms with Gasteiger partial charge in [-0.05, 0) is 62.8 Å². The van der Waals surface area contributed by atoms with Crippen molar-refractivity contribution in [2.45, 2.75) is 49.5 Å². The van der Waals surface area contributed by atoms with E-state index >= 15 is 0 Å². The summed E-state index contributed by atoms with van der Waals surface area (Å²) in [6.07, 6.45) is 5.73. The van der Waals surface area contributed by atoms with E-state index in [0.717, 1.165) is 12.8 Å². The molecule has 0 aromatic heterocycles. The molecule has 1 aromatic carbocycles. The number of carbonyl (C=O) groups excluding carboxylic acids is 1. The van der Waals surface area contributed by atoms with Crippen LogP contribution in [0.4, 0.5) is 0 Å². The fourth-order valence-corrected chi connectivity index (χ4v) is 4.89. The highest BCUT2D eigenvalue weighted by atomic mass is 32.2. The van der Waals surface area contributed by atoms with Crippen LogP contribution in [0.25, 0.3) is 0 Å². The molecule has 2 N–H and O–H groups in total. The number of benzene rings is 1. The van der Waals surface area contributed by atoms with E-state index in [1.54, 1.807) is 24.3 Å². The Hall–Kier alpha value is -1.60. The number of ether oxygens (including phenoxy) is 1. The lowest BCUT2D eigenvalue weighted by Gasteiger charge is -2.29. The van der Waals surface area contributed by atoms with Gasteiger partial charge in [0.2, 0.25) is 15.9 Å². The van der Waals surface area contributed by atoms with Crippen LogP contribution in [-0.4, -0.2) is 37.8 Å². The van der Waals surface area contributed by atoms with Crippen LogP contribution in [0.1, 0.15) is 38.5 Å². The Bertz CT molecular complexity index is 673. The summed E-state index contributed by atoms with van der Waals surface area (Å²) in [6.45, 7) is 0.659. The molecular weight excluding hydrogens is 328 g/mol. The van der Waals surface area contributed by atoms with Crippen molar-refractivity contribution in [3.05, 3.63) is 24.3 Å². The van der Waals surface area contributed by atoms with Crippen LogP contribution in [0.5, 0.6) is 5.75 Å². The monoisotopic (exact) mass is 352 g/mol. The molecule has 24 heavy (non-hydrogen) atoms. The molecule has 1 aliphatic heterocycles. The molecule has 1 heterocycles. The van der Waals surface area contributed by atoms with E-state index in [9.17, 15) is 13.2 Å². The Kier molecular flexibility index (Phi) is 5.10. The smallest absolute Gasteiger partial charge is 0.243 e. The molecule has 1 saturated heterocycles. The second-order valence-corrected chi connectivity index (χ2v) is 8.51. The van der Waals surface area contributed by atoms with Crippen LogP contribution in [0.2, 0.25) is 0 Å². The molecule has 0 atom stereocenters. The number of amides is 1. The summed E-state index contributed by atoms with van der Waals surface area (Å²) in [7, 11) is -3.53. The lowest BCUT2D eigenvalue weighted by Crippen LogP contribution is -2.41. The molecule has 0 bridgehead atoms. The van der Waals surface area contributed by atoms with Crippen molar-refractivity contribution in [3.63, 3.8) is 0 Å². The number of hydrogen-bond acceptors (Lipinski definition) is 4. The quantitative estimate of drug-likeness (QED) is 0.876. The number of piperidine rings is 1. The highest BCUT2D eigenvalue weighted by molar-refractivity contribution is 7.89. The molecule has 3 rings (SSSR count). The van der Waals surface area contributed by atoms with Gasteiger partial charge < -0.3 is 10.5 Å². The first-order chi connectivity index (χ1) is 11.5. The number of nitrogens with zero attached hydrogens (tertiary/aromatic N) is 1. The van der Waals surface area contributed by atoms with E-state index in [4.69, 9.17) is 10.5 Å². The summed E-state index contributed by atoms with van der Waals surface area (Å²) in [5.41, 5.74) is 5.30. The van der Waals surface area contributed by atoms with Gasteiger partial charge in [0.15, 0.2) is 0 Å². The maximum absolute atomic E-state index is 12.7. The third-order valence-electron chi connectivity index (χ3n) is 4.92. The molecule has 132 valence electrons. The third kappa shape index (κ3) is 3.72. The summed E-state index contributed by atoms with van der Waals surface area (Å²) < 4.78 is 32.7. The van der Waals surface area contributed by atoms with Crippen LogP contribution in [0, 0.1) is 5.92 Å². The number of sulfonamides is 1. The van der Waals surface area contributed by atoms with E-state index < -0.39 is 10.0 Å². The highest BCUT2D eigenvalue weighted by Crippen LogP contribution is 2.27. The van der Waals surface area contributed by atoms with Crippen LogP contribution in [-0.2, 0) is 14.8 Å². The number of hydrogen-bond donors (Lipinski definition) is 1. The largest absolute Gasteiger partial charge is 0.490 e. The van der Waals surface area contributed by atoms with Crippen molar-refractivity contribution in [1.29, 1.82) is 0 Å². The second kappa shape index (κ2) is 7.11. The van der Waals surface area contributed by atoms with Gasteiger partial charge in [-0.2, -0.15) is 4.31 Å². The first kappa shape index (κ1) is 17.2. The third-order valence-corrected chi connectivity index (χ3v) is 6.84.